The number of aryl methyl sites for hydroxylation is 4. The van der Waals surface area contributed by atoms with E-state index in [4.69, 9.17) is 23.2 Å². The fourth-order valence-electron chi connectivity index (χ4n) is 2.98. The number of benzene rings is 1. The smallest absolute Gasteiger partial charge is 0.137 e. The Labute approximate surface area is 163 Å². The van der Waals surface area contributed by atoms with E-state index in [1.54, 1.807) is 4.68 Å². The third-order valence-corrected chi connectivity index (χ3v) is 4.93. The molecule has 2 aromatic heterocycles. The standard InChI is InChI=1S/C19H23Cl2N5/c1-13-10-14(2)25(23-13)9-5-8-22-12-18-15(3)24-26(19(18)21)17-7-4-6-16(20)11-17/h4,6-7,10-11,22H,5,8-9,12H2,1-3H3. The first kappa shape index (κ1) is 19.0. The fourth-order valence-corrected chi connectivity index (χ4v) is 3.50. The summed E-state index contributed by atoms with van der Waals surface area (Å²) >= 11 is 12.6. The predicted octanol–water partition coefficient (Wildman–Crippen LogP) is 4.48. The van der Waals surface area contributed by atoms with Crippen LogP contribution in [0.1, 0.15) is 29.1 Å². The van der Waals surface area contributed by atoms with E-state index in [-0.39, 0.29) is 0 Å². The van der Waals surface area contributed by atoms with Crippen LogP contribution >= 0.6 is 23.2 Å². The Morgan fingerprint density at radius 3 is 2.58 bits per heavy atom. The van der Waals surface area contributed by atoms with Crippen molar-refractivity contribution in [2.75, 3.05) is 6.54 Å². The molecule has 1 N–H and O–H groups in total. The summed E-state index contributed by atoms with van der Waals surface area (Å²) in [6, 6.07) is 9.62. The van der Waals surface area contributed by atoms with Gasteiger partial charge in [0.1, 0.15) is 5.15 Å². The van der Waals surface area contributed by atoms with E-state index in [9.17, 15) is 0 Å². The highest BCUT2D eigenvalue weighted by molar-refractivity contribution is 6.31. The number of nitrogens with one attached hydrogen (secondary N) is 1. The van der Waals surface area contributed by atoms with E-state index in [0.717, 1.165) is 42.1 Å². The zero-order valence-electron chi connectivity index (χ0n) is 15.3. The Balaban J connectivity index is 1.58. The van der Waals surface area contributed by atoms with Crippen LogP contribution in [-0.4, -0.2) is 26.1 Å². The normalized spacial score (nSPS) is 11.3. The van der Waals surface area contributed by atoms with Crippen molar-refractivity contribution in [2.24, 2.45) is 0 Å². The van der Waals surface area contributed by atoms with Gasteiger partial charge in [0.15, 0.2) is 0 Å². The Bertz CT molecular complexity index is 897. The van der Waals surface area contributed by atoms with E-state index < -0.39 is 0 Å². The molecular weight excluding hydrogens is 369 g/mol. The number of hydrogen-bond donors (Lipinski definition) is 1. The van der Waals surface area contributed by atoms with Crippen LogP contribution in [0.15, 0.2) is 30.3 Å². The van der Waals surface area contributed by atoms with E-state index >= 15 is 0 Å². The van der Waals surface area contributed by atoms with Crippen LogP contribution in [0, 0.1) is 20.8 Å². The molecule has 1 aromatic carbocycles. The number of nitrogens with zero attached hydrogens (tertiary/aromatic N) is 4. The fraction of sp³-hybridized carbons (Fsp3) is 0.368. The summed E-state index contributed by atoms with van der Waals surface area (Å²) in [6.07, 6.45) is 1.00. The molecule has 26 heavy (non-hydrogen) atoms. The maximum atomic E-state index is 6.55. The van der Waals surface area contributed by atoms with Gasteiger partial charge in [0.2, 0.25) is 0 Å². The highest BCUT2D eigenvalue weighted by Crippen LogP contribution is 2.24. The van der Waals surface area contributed by atoms with E-state index in [1.165, 1.54) is 5.69 Å². The summed E-state index contributed by atoms with van der Waals surface area (Å²) in [5.41, 5.74) is 5.05. The summed E-state index contributed by atoms with van der Waals surface area (Å²) in [4.78, 5) is 0. The monoisotopic (exact) mass is 391 g/mol. The first-order valence-electron chi connectivity index (χ1n) is 8.67. The van der Waals surface area contributed by atoms with Gasteiger partial charge in [0, 0.05) is 29.4 Å². The lowest BCUT2D eigenvalue weighted by Gasteiger charge is -2.07. The molecule has 0 aliphatic heterocycles. The van der Waals surface area contributed by atoms with Crippen molar-refractivity contribution in [2.45, 2.75) is 40.3 Å². The molecule has 0 bridgehead atoms. The van der Waals surface area contributed by atoms with Crippen molar-refractivity contribution in [1.29, 1.82) is 0 Å². The Kier molecular flexibility index (Phi) is 6.01. The molecule has 2 heterocycles. The van der Waals surface area contributed by atoms with Gasteiger partial charge in [-0.1, -0.05) is 29.3 Å². The van der Waals surface area contributed by atoms with Crippen LogP contribution in [0.5, 0.6) is 0 Å². The third-order valence-electron chi connectivity index (χ3n) is 4.30. The maximum absolute atomic E-state index is 6.55. The summed E-state index contributed by atoms with van der Waals surface area (Å²) in [7, 11) is 0. The van der Waals surface area contributed by atoms with Crippen molar-refractivity contribution in [1.82, 2.24) is 24.9 Å². The number of aromatic nitrogens is 4. The zero-order valence-corrected chi connectivity index (χ0v) is 16.8. The number of halogens is 2. The van der Waals surface area contributed by atoms with Gasteiger partial charge < -0.3 is 5.32 Å². The third kappa shape index (κ3) is 4.29. The average Bonchev–Trinajstić information content (AvgIpc) is 3.06. The van der Waals surface area contributed by atoms with Crippen molar-refractivity contribution >= 4 is 23.2 Å². The second-order valence-corrected chi connectivity index (χ2v) is 7.22. The second-order valence-electron chi connectivity index (χ2n) is 6.43. The predicted molar refractivity (Wildman–Crippen MR) is 106 cm³/mol. The quantitative estimate of drug-likeness (QED) is 0.603. The second kappa shape index (κ2) is 8.25. The Hall–Kier alpha value is -1.82. The van der Waals surface area contributed by atoms with Crippen molar-refractivity contribution in [3.8, 4) is 5.69 Å². The molecule has 0 aliphatic carbocycles. The van der Waals surface area contributed by atoms with Gasteiger partial charge in [0.05, 0.1) is 17.1 Å². The van der Waals surface area contributed by atoms with Gasteiger partial charge in [-0.3, -0.25) is 4.68 Å². The lowest BCUT2D eigenvalue weighted by molar-refractivity contribution is 0.532. The van der Waals surface area contributed by atoms with Crippen LogP contribution in [-0.2, 0) is 13.1 Å². The molecule has 0 saturated heterocycles. The first-order valence-corrected chi connectivity index (χ1v) is 9.43. The molecule has 0 radical (unpaired) electrons. The van der Waals surface area contributed by atoms with Crippen LogP contribution in [0.4, 0.5) is 0 Å². The Morgan fingerprint density at radius 2 is 1.88 bits per heavy atom. The summed E-state index contributed by atoms with van der Waals surface area (Å²) in [5.74, 6) is 0. The topological polar surface area (TPSA) is 47.7 Å². The van der Waals surface area contributed by atoms with E-state index in [2.05, 4.69) is 28.5 Å². The lowest BCUT2D eigenvalue weighted by atomic mass is 10.2. The molecule has 5 nitrogen and oxygen atoms in total. The van der Waals surface area contributed by atoms with Gasteiger partial charge in [-0.05, 0) is 58.0 Å². The van der Waals surface area contributed by atoms with E-state index in [0.29, 0.717) is 16.7 Å². The molecule has 0 aliphatic rings. The molecule has 0 saturated carbocycles. The summed E-state index contributed by atoms with van der Waals surface area (Å²) in [6.45, 7) is 8.55. The highest BCUT2D eigenvalue weighted by atomic mass is 35.5. The molecule has 0 amide bonds. The summed E-state index contributed by atoms with van der Waals surface area (Å²) in [5, 5.41) is 13.8. The molecule has 0 fully saturated rings. The van der Waals surface area contributed by atoms with Gasteiger partial charge in [-0.25, -0.2) is 4.68 Å². The SMILES string of the molecule is Cc1cc(C)n(CCCNCc2c(C)nn(-c3cccc(Cl)c3)c2Cl)n1. The molecule has 0 unspecified atom stereocenters. The molecule has 138 valence electrons. The van der Waals surface area contributed by atoms with Crippen LogP contribution in [0.25, 0.3) is 5.69 Å². The molecular formula is C19H23Cl2N5. The van der Waals surface area contributed by atoms with Crippen LogP contribution < -0.4 is 5.32 Å². The lowest BCUT2D eigenvalue weighted by Crippen LogP contribution is -2.17. The minimum Gasteiger partial charge on any atom is -0.312 e. The Morgan fingerprint density at radius 1 is 1.08 bits per heavy atom. The number of hydrogen-bond acceptors (Lipinski definition) is 3. The van der Waals surface area contributed by atoms with Gasteiger partial charge in [-0.2, -0.15) is 10.2 Å². The van der Waals surface area contributed by atoms with Gasteiger partial charge >= 0.3 is 0 Å². The molecule has 3 aromatic rings. The highest BCUT2D eigenvalue weighted by Gasteiger charge is 2.14. The minimum atomic E-state index is 0.621. The largest absolute Gasteiger partial charge is 0.312 e. The van der Waals surface area contributed by atoms with Crippen molar-refractivity contribution in [3.63, 3.8) is 0 Å². The van der Waals surface area contributed by atoms with Crippen molar-refractivity contribution < 1.29 is 0 Å². The van der Waals surface area contributed by atoms with Crippen LogP contribution in [0.2, 0.25) is 10.2 Å². The van der Waals surface area contributed by atoms with Crippen molar-refractivity contribution in [3.05, 3.63) is 63.2 Å². The molecule has 3 rings (SSSR count). The summed E-state index contributed by atoms with van der Waals surface area (Å²) < 4.78 is 3.78. The minimum absolute atomic E-state index is 0.621. The van der Waals surface area contributed by atoms with E-state index in [1.807, 2.05) is 42.8 Å². The maximum Gasteiger partial charge on any atom is 0.137 e. The zero-order chi connectivity index (χ0) is 18.7. The number of rotatable bonds is 7. The first-order chi connectivity index (χ1) is 12.5. The van der Waals surface area contributed by atoms with Gasteiger partial charge in [-0.15, -0.1) is 0 Å². The molecule has 0 spiro atoms. The average molecular weight is 392 g/mol. The molecule has 7 heteroatoms. The molecule has 0 atom stereocenters. The van der Waals surface area contributed by atoms with Crippen LogP contribution in [0.3, 0.4) is 0 Å². The van der Waals surface area contributed by atoms with Gasteiger partial charge in [0.25, 0.3) is 0 Å².